The Hall–Kier alpha value is -1.35. The molecule has 0 unspecified atom stereocenters. The fourth-order valence-electron chi connectivity index (χ4n) is 1.18. The first-order valence-electron chi connectivity index (χ1n) is 3.87. The topological polar surface area (TPSA) is 26.0 Å². The highest BCUT2D eigenvalue weighted by molar-refractivity contribution is 7.13. The summed E-state index contributed by atoms with van der Waals surface area (Å²) in [6.45, 7) is 0. The molecule has 3 heteroatoms. The third kappa shape index (κ3) is 1.42. The molecule has 0 radical (unpaired) electrons. The van der Waals surface area contributed by atoms with Gasteiger partial charge in [0, 0.05) is 10.4 Å². The number of hydrogen-bond acceptors (Lipinski definition) is 2. The molecule has 0 saturated carbocycles. The van der Waals surface area contributed by atoms with Crippen LogP contribution in [0, 0.1) is 5.82 Å². The lowest BCUT2D eigenvalue weighted by Gasteiger charge is -2.02. The van der Waals surface area contributed by atoms with Crippen molar-refractivity contribution < 1.29 is 4.39 Å². The Kier molecular flexibility index (Phi) is 2.02. The van der Waals surface area contributed by atoms with E-state index in [0.717, 1.165) is 10.4 Å². The number of hydrogen-bond donors (Lipinski definition) is 1. The monoisotopic (exact) mass is 193 g/mol. The van der Waals surface area contributed by atoms with Crippen LogP contribution in [0.4, 0.5) is 10.1 Å². The first-order chi connectivity index (χ1) is 6.29. The number of rotatable bonds is 1. The van der Waals surface area contributed by atoms with Crippen molar-refractivity contribution in [2.24, 2.45) is 0 Å². The smallest absolute Gasteiger partial charge is 0.146 e. The van der Waals surface area contributed by atoms with Crippen molar-refractivity contribution in [2.45, 2.75) is 0 Å². The van der Waals surface area contributed by atoms with Crippen molar-refractivity contribution in [3.63, 3.8) is 0 Å². The number of nitrogen functional groups attached to an aromatic ring is 1. The molecule has 2 rings (SSSR count). The summed E-state index contributed by atoms with van der Waals surface area (Å²) in [5, 5.41) is 1.94. The first-order valence-corrected chi connectivity index (χ1v) is 4.75. The Balaban J connectivity index is 2.59. The van der Waals surface area contributed by atoms with Gasteiger partial charge < -0.3 is 5.73 Å². The van der Waals surface area contributed by atoms with E-state index in [1.165, 1.54) is 6.07 Å². The Bertz CT molecular complexity index is 409. The molecule has 1 heterocycles. The molecule has 13 heavy (non-hydrogen) atoms. The fraction of sp³-hybridized carbons (Fsp3) is 0. The molecule has 0 atom stereocenters. The number of anilines is 1. The van der Waals surface area contributed by atoms with Crippen LogP contribution in [0.15, 0.2) is 35.7 Å². The van der Waals surface area contributed by atoms with Gasteiger partial charge >= 0.3 is 0 Å². The molecule has 0 bridgehead atoms. The van der Waals surface area contributed by atoms with E-state index in [1.54, 1.807) is 17.4 Å². The summed E-state index contributed by atoms with van der Waals surface area (Å²) in [6, 6.07) is 8.71. The van der Waals surface area contributed by atoms with E-state index in [0.29, 0.717) is 0 Å². The van der Waals surface area contributed by atoms with Gasteiger partial charge in [-0.15, -0.1) is 11.3 Å². The maximum Gasteiger partial charge on any atom is 0.146 e. The molecule has 0 amide bonds. The Morgan fingerprint density at radius 1 is 1.15 bits per heavy atom. The van der Waals surface area contributed by atoms with Crippen LogP contribution >= 0.6 is 11.3 Å². The standard InChI is InChI=1S/C10H8FNS/c11-8-4-1-3-7(10(8)12)9-5-2-6-13-9/h1-6H,12H2. The lowest BCUT2D eigenvalue weighted by molar-refractivity contribution is 0.633. The molecule has 0 saturated heterocycles. The SMILES string of the molecule is Nc1c(F)cccc1-c1cccs1. The number of benzene rings is 1. The Morgan fingerprint density at radius 2 is 2.00 bits per heavy atom. The molecule has 0 spiro atoms. The summed E-state index contributed by atoms with van der Waals surface area (Å²) < 4.78 is 13.1. The van der Waals surface area contributed by atoms with Crippen molar-refractivity contribution >= 4 is 17.0 Å². The second-order valence-electron chi connectivity index (χ2n) is 2.68. The molecule has 1 aromatic carbocycles. The quantitative estimate of drug-likeness (QED) is 0.692. The van der Waals surface area contributed by atoms with Crippen LogP contribution in [0.5, 0.6) is 0 Å². The highest BCUT2D eigenvalue weighted by Crippen LogP contribution is 2.30. The highest BCUT2D eigenvalue weighted by Gasteiger charge is 2.06. The molecule has 0 aliphatic carbocycles. The Labute approximate surface area is 79.6 Å². The Morgan fingerprint density at radius 3 is 2.69 bits per heavy atom. The summed E-state index contributed by atoms with van der Waals surface area (Å²) in [4.78, 5) is 0.997. The maximum absolute atomic E-state index is 13.1. The van der Waals surface area contributed by atoms with Gasteiger partial charge in [-0.3, -0.25) is 0 Å². The minimum absolute atomic E-state index is 0.227. The van der Waals surface area contributed by atoms with Crippen LogP contribution in [-0.4, -0.2) is 0 Å². The second kappa shape index (κ2) is 3.18. The number of nitrogens with two attached hydrogens (primary N) is 1. The van der Waals surface area contributed by atoms with E-state index in [9.17, 15) is 4.39 Å². The molecular weight excluding hydrogens is 185 g/mol. The molecule has 1 aromatic heterocycles. The van der Waals surface area contributed by atoms with Gasteiger partial charge in [0.25, 0.3) is 0 Å². The summed E-state index contributed by atoms with van der Waals surface area (Å²) in [5.41, 5.74) is 6.61. The normalized spacial score (nSPS) is 10.2. The van der Waals surface area contributed by atoms with Crippen molar-refractivity contribution in [3.05, 3.63) is 41.5 Å². The van der Waals surface area contributed by atoms with Crippen LogP contribution in [0.1, 0.15) is 0 Å². The predicted octanol–water partition coefficient (Wildman–Crippen LogP) is 3.14. The van der Waals surface area contributed by atoms with E-state index in [-0.39, 0.29) is 11.5 Å². The first kappa shape index (κ1) is 8.26. The van der Waals surface area contributed by atoms with Gasteiger partial charge in [0.05, 0.1) is 5.69 Å². The van der Waals surface area contributed by atoms with E-state index in [4.69, 9.17) is 5.73 Å². The molecule has 0 fully saturated rings. The van der Waals surface area contributed by atoms with Gasteiger partial charge in [-0.1, -0.05) is 18.2 Å². The van der Waals surface area contributed by atoms with Gasteiger partial charge in [-0.05, 0) is 17.5 Å². The summed E-state index contributed by atoms with van der Waals surface area (Å²) in [6.07, 6.45) is 0. The van der Waals surface area contributed by atoms with Gasteiger partial charge in [0.1, 0.15) is 5.82 Å². The third-order valence-corrected chi connectivity index (χ3v) is 2.74. The highest BCUT2D eigenvalue weighted by atomic mass is 32.1. The predicted molar refractivity (Wildman–Crippen MR) is 54.1 cm³/mol. The van der Waals surface area contributed by atoms with Gasteiger partial charge in [-0.2, -0.15) is 0 Å². The zero-order chi connectivity index (χ0) is 9.26. The summed E-state index contributed by atoms with van der Waals surface area (Å²) in [7, 11) is 0. The van der Waals surface area contributed by atoms with Gasteiger partial charge in [0.2, 0.25) is 0 Å². The van der Waals surface area contributed by atoms with Crippen LogP contribution in [0.25, 0.3) is 10.4 Å². The third-order valence-electron chi connectivity index (χ3n) is 1.84. The van der Waals surface area contributed by atoms with Crippen LogP contribution in [0.2, 0.25) is 0 Å². The van der Waals surface area contributed by atoms with Gasteiger partial charge in [0.15, 0.2) is 0 Å². The average Bonchev–Trinajstić information content (AvgIpc) is 2.62. The number of para-hydroxylation sites is 1. The van der Waals surface area contributed by atoms with Crippen molar-refractivity contribution in [1.82, 2.24) is 0 Å². The van der Waals surface area contributed by atoms with Crippen molar-refractivity contribution in [2.75, 3.05) is 5.73 Å². The number of thiophene rings is 1. The van der Waals surface area contributed by atoms with Crippen LogP contribution in [-0.2, 0) is 0 Å². The van der Waals surface area contributed by atoms with E-state index in [2.05, 4.69) is 0 Å². The van der Waals surface area contributed by atoms with Crippen LogP contribution < -0.4 is 5.73 Å². The van der Waals surface area contributed by atoms with Crippen molar-refractivity contribution in [1.29, 1.82) is 0 Å². The maximum atomic E-state index is 13.1. The number of halogens is 1. The minimum atomic E-state index is -0.356. The largest absolute Gasteiger partial charge is 0.396 e. The van der Waals surface area contributed by atoms with Gasteiger partial charge in [-0.25, -0.2) is 4.39 Å². The van der Waals surface area contributed by atoms with E-state index in [1.807, 2.05) is 23.6 Å². The second-order valence-corrected chi connectivity index (χ2v) is 3.63. The van der Waals surface area contributed by atoms with E-state index < -0.39 is 0 Å². The molecule has 2 N–H and O–H groups in total. The lowest BCUT2D eigenvalue weighted by Crippen LogP contribution is -1.92. The molecule has 1 nitrogen and oxygen atoms in total. The summed E-state index contributed by atoms with van der Waals surface area (Å²) in [5.74, 6) is -0.356. The molecular formula is C10H8FNS. The molecule has 2 aromatic rings. The zero-order valence-corrected chi connectivity index (χ0v) is 7.64. The zero-order valence-electron chi connectivity index (χ0n) is 6.83. The molecule has 0 aliphatic rings. The fourth-order valence-corrected chi connectivity index (χ4v) is 1.95. The summed E-state index contributed by atoms with van der Waals surface area (Å²) >= 11 is 1.55. The van der Waals surface area contributed by atoms with Crippen LogP contribution in [0.3, 0.4) is 0 Å². The van der Waals surface area contributed by atoms with Crippen molar-refractivity contribution in [3.8, 4) is 10.4 Å². The lowest BCUT2D eigenvalue weighted by atomic mass is 10.1. The minimum Gasteiger partial charge on any atom is -0.396 e. The molecule has 0 aliphatic heterocycles. The average molecular weight is 193 g/mol. The molecule has 66 valence electrons. The van der Waals surface area contributed by atoms with E-state index >= 15 is 0 Å².